The van der Waals surface area contributed by atoms with Crippen LogP contribution in [0.5, 0.6) is 0 Å². The number of carbonyl (C=O) groups excluding carboxylic acids is 3. The number of carbonyl (C=O) groups is 3. The molecule has 0 N–H and O–H groups in total. The summed E-state index contributed by atoms with van der Waals surface area (Å²) < 4.78 is 0. The molecule has 6 atom stereocenters. The van der Waals surface area contributed by atoms with E-state index in [1.165, 1.54) is 17.7 Å². The molecule has 2 saturated heterocycles. The van der Waals surface area contributed by atoms with E-state index in [4.69, 9.17) is 0 Å². The summed E-state index contributed by atoms with van der Waals surface area (Å²) in [5, 5.41) is 0. The van der Waals surface area contributed by atoms with E-state index in [2.05, 4.69) is 12.2 Å². The van der Waals surface area contributed by atoms with Crippen molar-refractivity contribution < 1.29 is 14.4 Å². The van der Waals surface area contributed by atoms with Gasteiger partial charge in [0.15, 0.2) is 0 Å². The van der Waals surface area contributed by atoms with Crippen molar-refractivity contribution in [1.82, 2.24) is 4.90 Å². The van der Waals surface area contributed by atoms with E-state index in [1.807, 2.05) is 4.90 Å². The molecule has 5 heteroatoms. The van der Waals surface area contributed by atoms with Gasteiger partial charge in [0.05, 0.1) is 17.5 Å². The van der Waals surface area contributed by atoms with Crippen LogP contribution in [-0.2, 0) is 9.59 Å². The Morgan fingerprint density at radius 1 is 0.862 bits per heavy atom. The smallest absolute Gasteiger partial charge is 0.253 e. The number of benzene rings is 1. The van der Waals surface area contributed by atoms with Crippen LogP contribution in [0, 0.1) is 35.5 Å². The van der Waals surface area contributed by atoms with Crippen LogP contribution in [0.4, 0.5) is 5.69 Å². The summed E-state index contributed by atoms with van der Waals surface area (Å²) in [5.41, 5.74) is 1.13. The maximum Gasteiger partial charge on any atom is 0.253 e. The minimum absolute atomic E-state index is 0.00763. The number of hydrogen-bond donors (Lipinski definition) is 0. The van der Waals surface area contributed by atoms with Crippen LogP contribution < -0.4 is 4.90 Å². The highest BCUT2D eigenvalue weighted by atomic mass is 16.2. The first-order valence-corrected chi connectivity index (χ1v) is 11.1. The molecule has 2 bridgehead atoms. The van der Waals surface area contributed by atoms with Crippen molar-refractivity contribution in [2.75, 3.05) is 18.0 Å². The zero-order valence-corrected chi connectivity index (χ0v) is 16.5. The summed E-state index contributed by atoms with van der Waals surface area (Å²) in [5.74, 6) is 1.10. The lowest BCUT2D eigenvalue weighted by atomic mass is 9.63. The Labute approximate surface area is 170 Å². The minimum atomic E-state index is -0.203. The first-order valence-electron chi connectivity index (χ1n) is 11.1. The van der Waals surface area contributed by atoms with E-state index < -0.39 is 0 Å². The van der Waals surface area contributed by atoms with E-state index in [0.29, 0.717) is 23.1 Å². The Hall–Kier alpha value is -2.43. The first kappa shape index (κ1) is 17.4. The molecule has 2 saturated carbocycles. The number of amides is 3. The standard InChI is InChI=1S/C24H26N2O3/c27-22(25-10-3-1-2-4-11-25)14-6-5-7-15(12-14)26-23(28)20-16-8-9-17(19-13-18(16)19)21(20)24(26)29/h5-9,12,16-21H,1-4,10-11,13H2/t16-,17-,18-,19-,20+,21+/m0/s1. The summed E-state index contributed by atoms with van der Waals surface area (Å²) in [6.45, 7) is 1.57. The lowest BCUT2D eigenvalue weighted by Gasteiger charge is -2.37. The summed E-state index contributed by atoms with van der Waals surface area (Å²) in [7, 11) is 0. The molecule has 2 aliphatic heterocycles. The Kier molecular flexibility index (Phi) is 3.78. The van der Waals surface area contributed by atoms with Gasteiger partial charge in [-0.05, 0) is 61.1 Å². The number of rotatable bonds is 2. The topological polar surface area (TPSA) is 57.7 Å². The number of likely N-dealkylation sites (tertiary alicyclic amines) is 1. The van der Waals surface area contributed by atoms with Gasteiger partial charge in [-0.1, -0.05) is 31.1 Å². The van der Waals surface area contributed by atoms with Crippen LogP contribution in [0.2, 0.25) is 0 Å². The molecule has 3 amide bonds. The molecular formula is C24H26N2O3. The average molecular weight is 390 g/mol. The SMILES string of the molecule is O=C(c1cccc(N2C(=O)[C@@H]3[C@H]4C=C[C@@H]([C@@H]5C[C@@H]45)[C@H]3C2=O)c1)N1CCCCCC1. The highest BCUT2D eigenvalue weighted by Gasteiger charge is 2.67. The zero-order valence-electron chi connectivity index (χ0n) is 16.5. The van der Waals surface area contributed by atoms with E-state index in [9.17, 15) is 14.4 Å². The summed E-state index contributed by atoms with van der Waals surface area (Å²) >= 11 is 0. The zero-order chi connectivity index (χ0) is 19.7. The molecule has 7 rings (SSSR count). The maximum atomic E-state index is 13.3. The highest BCUT2D eigenvalue weighted by molar-refractivity contribution is 6.23. The molecule has 150 valence electrons. The Morgan fingerprint density at radius 3 is 2.10 bits per heavy atom. The third-order valence-electron chi connectivity index (χ3n) is 7.91. The molecule has 29 heavy (non-hydrogen) atoms. The van der Waals surface area contributed by atoms with Gasteiger partial charge in [0.2, 0.25) is 11.8 Å². The van der Waals surface area contributed by atoms with Crippen LogP contribution in [-0.4, -0.2) is 35.7 Å². The normalized spacial score (nSPS) is 37.4. The fraction of sp³-hybridized carbons (Fsp3) is 0.542. The number of anilines is 1. The molecule has 0 unspecified atom stereocenters. The van der Waals surface area contributed by atoms with E-state index >= 15 is 0 Å². The monoisotopic (exact) mass is 390 g/mol. The third-order valence-corrected chi connectivity index (χ3v) is 7.91. The van der Waals surface area contributed by atoms with Crippen LogP contribution in [0.25, 0.3) is 0 Å². The fourth-order valence-corrected chi connectivity index (χ4v) is 6.45. The van der Waals surface area contributed by atoms with Gasteiger partial charge < -0.3 is 4.90 Å². The highest BCUT2D eigenvalue weighted by Crippen LogP contribution is 2.65. The molecule has 1 aromatic rings. The van der Waals surface area contributed by atoms with Crippen LogP contribution in [0.1, 0.15) is 42.5 Å². The third kappa shape index (κ3) is 2.49. The van der Waals surface area contributed by atoms with Crippen LogP contribution >= 0.6 is 0 Å². The number of nitrogens with zero attached hydrogens (tertiary/aromatic N) is 2. The molecule has 4 aliphatic carbocycles. The molecule has 5 nitrogen and oxygen atoms in total. The lowest BCUT2D eigenvalue weighted by Crippen LogP contribution is -2.40. The Bertz CT molecular complexity index is 894. The molecule has 6 aliphatic rings. The number of allylic oxidation sites excluding steroid dienone is 2. The first-order chi connectivity index (χ1) is 14.1. The van der Waals surface area contributed by atoms with Crippen molar-refractivity contribution >= 4 is 23.4 Å². The van der Waals surface area contributed by atoms with Crippen LogP contribution in [0.3, 0.4) is 0 Å². The van der Waals surface area contributed by atoms with Gasteiger partial charge in [-0.2, -0.15) is 0 Å². The van der Waals surface area contributed by atoms with Gasteiger partial charge in [-0.3, -0.25) is 14.4 Å². The largest absolute Gasteiger partial charge is 0.339 e. The quantitative estimate of drug-likeness (QED) is 0.575. The Balaban J connectivity index is 1.30. The Morgan fingerprint density at radius 2 is 1.48 bits per heavy atom. The second-order valence-electron chi connectivity index (χ2n) is 9.42. The lowest BCUT2D eigenvalue weighted by molar-refractivity contribution is -0.124. The molecular weight excluding hydrogens is 364 g/mol. The van der Waals surface area contributed by atoms with Crippen molar-refractivity contribution in [1.29, 1.82) is 0 Å². The average Bonchev–Trinajstić information content (AvgIpc) is 3.55. The van der Waals surface area contributed by atoms with Crippen molar-refractivity contribution in [3.05, 3.63) is 42.0 Å². The van der Waals surface area contributed by atoms with Gasteiger partial charge >= 0.3 is 0 Å². The number of hydrogen-bond acceptors (Lipinski definition) is 3. The molecule has 0 spiro atoms. The van der Waals surface area contributed by atoms with Crippen molar-refractivity contribution in [2.45, 2.75) is 32.1 Å². The predicted molar refractivity (Wildman–Crippen MR) is 108 cm³/mol. The summed E-state index contributed by atoms with van der Waals surface area (Å²) in [6, 6.07) is 7.14. The maximum absolute atomic E-state index is 13.3. The molecule has 2 heterocycles. The minimum Gasteiger partial charge on any atom is -0.339 e. The molecule has 1 aromatic carbocycles. The second-order valence-corrected chi connectivity index (χ2v) is 9.42. The summed E-state index contributed by atoms with van der Waals surface area (Å²) in [6.07, 6.45) is 9.95. The second kappa shape index (κ2) is 6.28. The summed E-state index contributed by atoms with van der Waals surface area (Å²) in [4.78, 5) is 42.9. The van der Waals surface area contributed by atoms with Gasteiger partial charge in [-0.15, -0.1) is 0 Å². The molecule has 0 aromatic heterocycles. The van der Waals surface area contributed by atoms with Crippen molar-refractivity contribution in [3.63, 3.8) is 0 Å². The van der Waals surface area contributed by atoms with Gasteiger partial charge in [0.1, 0.15) is 0 Å². The van der Waals surface area contributed by atoms with Crippen LogP contribution in [0.15, 0.2) is 36.4 Å². The molecule has 4 fully saturated rings. The van der Waals surface area contributed by atoms with E-state index in [0.717, 1.165) is 32.4 Å². The van der Waals surface area contributed by atoms with E-state index in [1.54, 1.807) is 24.3 Å². The van der Waals surface area contributed by atoms with Gasteiger partial charge in [0.25, 0.3) is 5.91 Å². The van der Waals surface area contributed by atoms with Gasteiger partial charge in [-0.25, -0.2) is 4.90 Å². The van der Waals surface area contributed by atoms with Gasteiger partial charge in [0, 0.05) is 18.7 Å². The predicted octanol–water partition coefficient (Wildman–Crippen LogP) is 3.26. The number of imide groups is 1. The van der Waals surface area contributed by atoms with Crippen molar-refractivity contribution in [3.8, 4) is 0 Å². The molecule has 0 radical (unpaired) electrons. The van der Waals surface area contributed by atoms with E-state index in [-0.39, 0.29) is 41.4 Å². The fourth-order valence-electron chi connectivity index (χ4n) is 6.45. The van der Waals surface area contributed by atoms with Crippen molar-refractivity contribution in [2.24, 2.45) is 35.5 Å².